The van der Waals surface area contributed by atoms with Crippen molar-refractivity contribution in [2.75, 3.05) is 12.3 Å². The summed E-state index contributed by atoms with van der Waals surface area (Å²) >= 11 is 0. The number of carboxylic acid groups (broad SMARTS) is 2. The lowest BCUT2D eigenvalue weighted by molar-refractivity contribution is -0.140. The summed E-state index contributed by atoms with van der Waals surface area (Å²) in [5.41, 5.74) is 7.46. The highest BCUT2D eigenvalue weighted by Gasteiger charge is 2.24. The van der Waals surface area contributed by atoms with E-state index in [4.69, 9.17) is 15.9 Å². The number of amides is 1. The fraction of sp³-hybridized carbons (Fsp3) is 0.300. The summed E-state index contributed by atoms with van der Waals surface area (Å²) in [5.74, 6) is -2.07. The van der Waals surface area contributed by atoms with Crippen LogP contribution in [0.4, 0.5) is 11.6 Å². The minimum absolute atomic E-state index is 0.206. The topological polar surface area (TPSA) is 181 Å². The van der Waals surface area contributed by atoms with E-state index < -0.39 is 30.1 Å². The van der Waals surface area contributed by atoms with Crippen molar-refractivity contribution < 1.29 is 29.7 Å². The van der Waals surface area contributed by atoms with Gasteiger partial charge in [0, 0.05) is 24.1 Å². The molecule has 0 aliphatic carbocycles. The van der Waals surface area contributed by atoms with Gasteiger partial charge in [-0.25, -0.2) is 9.79 Å². The van der Waals surface area contributed by atoms with Gasteiger partial charge in [0.25, 0.3) is 5.91 Å². The normalized spacial score (nSPS) is 15.9. The van der Waals surface area contributed by atoms with Crippen molar-refractivity contribution in [3.05, 3.63) is 47.0 Å². The number of aromatic amines is 1. The molecule has 0 saturated carbocycles. The first-order valence-corrected chi connectivity index (χ1v) is 9.55. The Bertz CT molecular complexity index is 1000. The number of benzene rings is 1. The summed E-state index contributed by atoms with van der Waals surface area (Å²) in [7, 11) is 0. The van der Waals surface area contributed by atoms with Gasteiger partial charge >= 0.3 is 11.9 Å². The number of fused-ring (bicyclic) bond motifs is 1. The standard InChI is InChI=1S/C20H23N5O6/c21-15-9-13-17(24-15)22-10-25(19(13)29)8-7-11-1-3-12(4-2-11)18(28)23-14(20(30)31)5-6-16(26)27/h1-4,9-10,14,19,24,29H,5-8,21H2,(H,23,28)(H,26,27)(H,30,31)/t14-,19?/m0/s1. The predicted molar refractivity (Wildman–Crippen MR) is 111 cm³/mol. The minimum Gasteiger partial charge on any atom is -0.481 e. The third-order valence-corrected chi connectivity index (χ3v) is 4.90. The summed E-state index contributed by atoms with van der Waals surface area (Å²) in [6.07, 6.45) is 0.663. The molecule has 3 rings (SSSR count). The Morgan fingerprint density at radius 3 is 2.58 bits per heavy atom. The van der Waals surface area contributed by atoms with Crippen molar-refractivity contribution in [1.29, 1.82) is 0 Å². The zero-order valence-electron chi connectivity index (χ0n) is 16.5. The van der Waals surface area contributed by atoms with E-state index in [1.807, 2.05) is 0 Å². The lowest BCUT2D eigenvalue weighted by Crippen LogP contribution is -2.41. The average molecular weight is 429 g/mol. The van der Waals surface area contributed by atoms with Crippen LogP contribution in [-0.2, 0) is 16.0 Å². The van der Waals surface area contributed by atoms with Crippen LogP contribution < -0.4 is 11.1 Å². The van der Waals surface area contributed by atoms with Crippen molar-refractivity contribution >= 4 is 35.8 Å². The first kappa shape index (κ1) is 21.8. The minimum atomic E-state index is -1.29. The summed E-state index contributed by atoms with van der Waals surface area (Å²) in [6.45, 7) is 0.469. The van der Waals surface area contributed by atoms with Crippen molar-refractivity contribution in [2.45, 2.75) is 31.5 Å². The van der Waals surface area contributed by atoms with Gasteiger partial charge in [-0.3, -0.25) is 9.59 Å². The van der Waals surface area contributed by atoms with E-state index in [9.17, 15) is 19.5 Å². The number of hydrogen-bond acceptors (Lipinski definition) is 7. The third kappa shape index (κ3) is 5.39. The smallest absolute Gasteiger partial charge is 0.326 e. The monoisotopic (exact) mass is 429 g/mol. The molecule has 7 N–H and O–H groups in total. The van der Waals surface area contributed by atoms with Gasteiger partial charge in [-0.1, -0.05) is 12.1 Å². The van der Waals surface area contributed by atoms with Crippen LogP contribution in [0.2, 0.25) is 0 Å². The second-order valence-corrected chi connectivity index (χ2v) is 7.13. The molecule has 11 nitrogen and oxygen atoms in total. The Hall–Kier alpha value is -3.86. The highest BCUT2D eigenvalue weighted by atomic mass is 16.4. The van der Waals surface area contributed by atoms with Crippen LogP contribution in [0.25, 0.3) is 0 Å². The first-order chi connectivity index (χ1) is 14.7. The molecule has 2 heterocycles. The molecule has 1 aromatic heterocycles. The Morgan fingerprint density at radius 1 is 1.23 bits per heavy atom. The number of aliphatic carboxylic acids is 2. The van der Waals surface area contributed by atoms with Gasteiger partial charge in [0.1, 0.15) is 17.7 Å². The van der Waals surface area contributed by atoms with Crippen LogP contribution in [0.15, 0.2) is 35.3 Å². The average Bonchev–Trinajstić information content (AvgIpc) is 3.11. The zero-order chi connectivity index (χ0) is 22.5. The van der Waals surface area contributed by atoms with Crippen molar-refractivity contribution in [3.8, 4) is 0 Å². The van der Waals surface area contributed by atoms with E-state index in [2.05, 4.69) is 15.3 Å². The first-order valence-electron chi connectivity index (χ1n) is 9.55. The largest absolute Gasteiger partial charge is 0.481 e. The number of nitrogens with one attached hydrogen (secondary N) is 2. The van der Waals surface area contributed by atoms with E-state index in [1.54, 1.807) is 35.2 Å². The molecule has 0 bridgehead atoms. The molecule has 2 aromatic rings. The number of aromatic nitrogens is 1. The van der Waals surface area contributed by atoms with Crippen molar-refractivity contribution in [1.82, 2.24) is 15.2 Å². The number of aliphatic hydroxyl groups is 1. The fourth-order valence-corrected chi connectivity index (χ4v) is 3.19. The lowest BCUT2D eigenvalue weighted by atomic mass is 10.1. The number of rotatable bonds is 9. The second kappa shape index (κ2) is 9.30. The number of H-pyrrole nitrogens is 1. The van der Waals surface area contributed by atoms with Crippen molar-refractivity contribution in [2.24, 2.45) is 4.99 Å². The molecule has 0 spiro atoms. The quantitative estimate of drug-likeness (QED) is 0.339. The molecule has 164 valence electrons. The van der Waals surface area contributed by atoms with Crippen LogP contribution in [0.3, 0.4) is 0 Å². The number of nitrogen functional groups attached to an aromatic ring is 1. The maximum absolute atomic E-state index is 12.3. The predicted octanol–water partition coefficient (Wildman–Crippen LogP) is 0.854. The second-order valence-electron chi connectivity index (χ2n) is 7.13. The number of aliphatic hydroxyl groups excluding tert-OH is 1. The molecule has 11 heteroatoms. The molecule has 1 aromatic carbocycles. The number of carbonyl (C=O) groups excluding carboxylic acids is 1. The maximum Gasteiger partial charge on any atom is 0.326 e. The molecule has 0 fully saturated rings. The molecular formula is C20H23N5O6. The van der Waals surface area contributed by atoms with Crippen molar-refractivity contribution in [3.63, 3.8) is 0 Å². The Balaban J connectivity index is 1.55. The van der Waals surface area contributed by atoms with Crippen LogP contribution >= 0.6 is 0 Å². The van der Waals surface area contributed by atoms with Gasteiger partial charge in [-0.15, -0.1) is 0 Å². The highest BCUT2D eigenvalue weighted by molar-refractivity contribution is 5.96. The van der Waals surface area contributed by atoms with Crippen LogP contribution in [0.5, 0.6) is 0 Å². The number of carbonyl (C=O) groups is 3. The van der Waals surface area contributed by atoms with Gasteiger partial charge in [-0.05, 0) is 36.6 Å². The van der Waals surface area contributed by atoms with Gasteiger partial charge in [0.05, 0.1) is 6.34 Å². The number of carboxylic acids is 2. The van der Waals surface area contributed by atoms with Crippen LogP contribution in [-0.4, -0.2) is 62.0 Å². The lowest BCUT2D eigenvalue weighted by Gasteiger charge is -2.28. The molecule has 1 aliphatic rings. The Labute approximate surface area is 177 Å². The summed E-state index contributed by atoms with van der Waals surface area (Å²) in [6, 6.07) is 6.94. The maximum atomic E-state index is 12.3. The van der Waals surface area contributed by atoms with E-state index in [1.165, 1.54) is 6.34 Å². The SMILES string of the molecule is Nc1cc2c([nH]1)N=CN(CCc1ccc(C(=O)N[C@@H](CCC(=O)O)C(=O)O)cc1)C2O. The van der Waals surface area contributed by atoms with Gasteiger partial charge in [0.2, 0.25) is 0 Å². The van der Waals surface area contributed by atoms with E-state index >= 15 is 0 Å². The zero-order valence-corrected chi connectivity index (χ0v) is 16.5. The Morgan fingerprint density at radius 2 is 1.94 bits per heavy atom. The molecule has 1 amide bonds. The van der Waals surface area contributed by atoms with Crippen LogP contribution in [0.1, 0.15) is 40.6 Å². The molecule has 0 saturated heterocycles. The molecule has 1 unspecified atom stereocenters. The summed E-state index contributed by atoms with van der Waals surface area (Å²) < 4.78 is 0. The number of nitrogens with two attached hydrogens (primary N) is 1. The molecular weight excluding hydrogens is 406 g/mol. The molecule has 31 heavy (non-hydrogen) atoms. The number of anilines is 1. The van der Waals surface area contributed by atoms with E-state index in [0.717, 1.165) is 5.56 Å². The number of nitrogens with zero attached hydrogens (tertiary/aromatic N) is 2. The third-order valence-electron chi connectivity index (χ3n) is 4.90. The van der Waals surface area contributed by atoms with E-state index in [-0.39, 0.29) is 18.4 Å². The molecule has 0 radical (unpaired) electrons. The van der Waals surface area contributed by atoms with Gasteiger partial charge < -0.3 is 36.3 Å². The summed E-state index contributed by atoms with van der Waals surface area (Å²) in [5, 5.41) is 30.6. The number of hydrogen-bond donors (Lipinski definition) is 6. The molecule has 1 aliphatic heterocycles. The molecule has 2 atom stereocenters. The summed E-state index contributed by atoms with van der Waals surface area (Å²) in [4.78, 5) is 42.9. The van der Waals surface area contributed by atoms with E-state index in [0.29, 0.717) is 30.2 Å². The van der Waals surface area contributed by atoms with Gasteiger partial charge in [-0.2, -0.15) is 0 Å². The fourth-order valence-electron chi connectivity index (χ4n) is 3.19. The van der Waals surface area contributed by atoms with Crippen LogP contribution in [0, 0.1) is 0 Å². The Kier molecular flexibility index (Phi) is 6.55. The van der Waals surface area contributed by atoms with Gasteiger partial charge in [0.15, 0.2) is 6.23 Å². The highest BCUT2D eigenvalue weighted by Crippen LogP contribution is 2.32. The number of aliphatic imine (C=N–C) groups is 1.